The van der Waals surface area contributed by atoms with E-state index >= 15 is 0 Å². The summed E-state index contributed by atoms with van der Waals surface area (Å²) >= 11 is 5.88. The van der Waals surface area contributed by atoms with E-state index in [1.165, 1.54) is 0 Å². The van der Waals surface area contributed by atoms with Gasteiger partial charge in [-0.1, -0.05) is 23.7 Å². The van der Waals surface area contributed by atoms with Crippen LogP contribution in [0.3, 0.4) is 0 Å². The zero-order chi connectivity index (χ0) is 13.0. The Balaban J connectivity index is 2.70. The summed E-state index contributed by atoms with van der Waals surface area (Å²) in [6.07, 6.45) is -0.687. The Hall–Kier alpha value is -1.10. The van der Waals surface area contributed by atoms with Gasteiger partial charge in [0.15, 0.2) is 0 Å². The molecule has 5 heteroatoms. The standard InChI is InChI=1S/C12H16ClNO3/c1-7-6-8(2-3-9(7)13)12(17)10(14)4-5-11(15)16/h2-3,6,10,12,17H,4-5,14H2,1H3,(H,15,16). The van der Waals surface area contributed by atoms with Crippen molar-refractivity contribution in [2.24, 2.45) is 5.73 Å². The second-order valence-corrected chi connectivity index (χ2v) is 4.46. The predicted octanol–water partition coefficient (Wildman–Crippen LogP) is 1.87. The molecule has 0 saturated heterocycles. The van der Waals surface area contributed by atoms with Gasteiger partial charge in [0, 0.05) is 17.5 Å². The van der Waals surface area contributed by atoms with E-state index in [1.54, 1.807) is 18.2 Å². The van der Waals surface area contributed by atoms with E-state index in [1.807, 2.05) is 6.92 Å². The number of carboxylic acid groups (broad SMARTS) is 1. The van der Waals surface area contributed by atoms with E-state index < -0.39 is 18.1 Å². The minimum absolute atomic E-state index is 0.0508. The zero-order valence-corrected chi connectivity index (χ0v) is 10.3. The lowest BCUT2D eigenvalue weighted by Crippen LogP contribution is -2.29. The normalized spacial score (nSPS) is 14.4. The van der Waals surface area contributed by atoms with E-state index in [0.717, 1.165) is 5.56 Å². The van der Waals surface area contributed by atoms with Crippen LogP contribution in [0.5, 0.6) is 0 Å². The summed E-state index contributed by atoms with van der Waals surface area (Å²) < 4.78 is 0. The van der Waals surface area contributed by atoms with Crippen LogP contribution in [-0.4, -0.2) is 22.2 Å². The number of carbonyl (C=O) groups is 1. The van der Waals surface area contributed by atoms with E-state index in [4.69, 9.17) is 22.4 Å². The van der Waals surface area contributed by atoms with Crippen molar-refractivity contribution in [3.05, 3.63) is 34.3 Å². The lowest BCUT2D eigenvalue weighted by Gasteiger charge is -2.19. The number of aliphatic carboxylic acids is 1. The van der Waals surface area contributed by atoms with E-state index in [0.29, 0.717) is 10.6 Å². The number of hydrogen-bond donors (Lipinski definition) is 3. The van der Waals surface area contributed by atoms with Crippen molar-refractivity contribution in [1.82, 2.24) is 0 Å². The SMILES string of the molecule is Cc1cc(C(O)C(N)CCC(=O)O)ccc1Cl. The Morgan fingerprint density at radius 1 is 1.53 bits per heavy atom. The maximum atomic E-state index is 10.4. The molecule has 0 amide bonds. The van der Waals surface area contributed by atoms with E-state index in [-0.39, 0.29) is 12.8 Å². The second-order valence-electron chi connectivity index (χ2n) is 4.05. The molecule has 17 heavy (non-hydrogen) atoms. The summed E-state index contributed by atoms with van der Waals surface area (Å²) in [7, 11) is 0. The van der Waals surface area contributed by atoms with Gasteiger partial charge in [-0.15, -0.1) is 0 Å². The molecule has 0 heterocycles. The third-order valence-electron chi connectivity index (χ3n) is 2.62. The monoisotopic (exact) mass is 257 g/mol. The molecule has 0 bridgehead atoms. The van der Waals surface area contributed by atoms with Crippen LogP contribution in [0.4, 0.5) is 0 Å². The third-order valence-corrected chi connectivity index (χ3v) is 3.04. The lowest BCUT2D eigenvalue weighted by molar-refractivity contribution is -0.137. The van der Waals surface area contributed by atoms with Crippen LogP contribution in [0.15, 0.2) is 18.2 Å². The molecule has 0 saturated carbocycles. The number of aryl methyl sites for hydroxylation is 1. The minimum Gasteiger partial charge on any atom is -0.481 e. The molecule has 0 spiro atoms. The van der Waals surface area contributed by atoms with Gasteiger partial charge in [-0.05, 0) is 30.5 Å². The van der Waals surface area contributed by atoms with Gasteiger partial charge < -0.3 is 15.9 Å². The van der Waals surface area contributed by atoms with E-state index in [2.05, 4.69) is 0 Å². The lowest BCUT2D eigenvalue weighted by atomic mass is 9.98. The summed E-state index contributed by atoms with van der Waals surface area (Å²) in [5, 5.41) is 19.1. The third kappa shape index (κ3) is 4.00. The first-order valence-electron chi connectivity index (χ1n) is 5.33. The summed E-state index contributed by atoms with van der Waals surface area (Å²) in [6, 6.07) is 4.56. The second kappa shape index (κ2) is 6.00. The van der Waals surface area contributed by atoms with Crippen molar-refractivity contribution in [2.45, 2.75) is 31.9 Å². The molecule has 0 aliphatic rings. The summed E-state index contributed by atoms with van der Waals surface area (Å²) in [5.74, 6) is -0.917. The van der Waals surface area contributed by atoms with Crippen LogP contribution >= 0.6 is 11.6 Å². The Morgan fingerprint density at radius 3 is 2.71 bits per heavy atom. The zero-order valence-electron chi connectivity index (χ0n) is 9.56. The molecule has 0 radical (unpaired) electrons. The Labute approximate surface area is 105 Å². The van der Waals surface area contributed by atoms with Gasteiger partial charge in [0.25, 0.3) is 0 Å². The van der Waals surface area contributed by atoms with Gasteiger partial charge in [0.2, 0.25) is 0 Å². The van der Waals surface area contributed by atoms with Gasteiger partial charge in [0.1, 0.15) is 0 Å². The molecule has 4 N–H and O–H groups in total. The van der Waals surface area contributed by atoms with Gasteiger partial charge in [-0.2, -0.15) is 0 Å². The molecule has 0 aliphatic carbocycles. The first-order valence-corrected chi connectivity index (χ1v) is 5.71. The number of aliphatic hydroxyl groups is 1. The highest BCUT2D eigenvalue weighted by molar-refractivity contribution is 6.31. The summed E-state index contributed by atoms with van der Waals surface area (Å²) in [6.45, 7) is 1.83. The van der Waals surface area contributed by atoms with E-state index in [9.17, 15) is 9.90 Å². The molecule has 94 valence electrons. The molecule has 0 fully saturated rings. The number of halogens is 1. The fourth-order valence-corrected chi connectivity index (χ4v) is 1.66. The maximum absolute atomic E-state index is 10.4. The molecule has 1 rings (SSSR count). The Kier molecular flexibility index (Phi) is 4.93. The van der Waals surface area contributed by atoms with Crippen LogP contribution in [0, 0.1) is 6.92 Å². The molecule has 0 aliphatic heterocycles. The number of rotatable bonds is 5. The number of nitrogens with two attached hydrogens (primary N) is 1. The summed E-state index contributed by atoms with van der Waals surface area (Å²) in [5.41, 5.74) is 7.25. The van der Waals surface area contributed by atoms with Gasteiger partial charge in [0.05, 0.1) is 6.10 Å². The predicted molar refractivity (Wildman–Crippen MR) is 66.0 cm³/mol. The molecule has 1 aromatic carbocycles. The van der Waals surface area contributed by atoms with Crippen molar-refractivity contribution >= 4 is 17.6 Å². The number of hydrogen-bond acceptors (Lipinski definition) is 3. The van der Waals surface area contributed by atoms with Crippen LogP contribution in [0.25, 0.3) is 0 Å². The molecular formula is C12H16ClNO3. The van der Waals surface area contributed by atoms with Crippen LogP contribution in [0.1, 0.15) is 30.1 Å². The average molecular weight is 258 g/mol. The van der Waals surface area contributed by atoms with Crippen molar-refractivity contribution in [3.63, 3.8) is 0 Å². The van der Waals surface area contributed by atoms with Gasteiger partial charge >= 0.3 is 5.97 Å². The highest BCUT2D eigenvalue weighted by atomic mass is 35.5. The fraction of sp³-hybridized carbons (Fsp3) is 0.417. The molecule has 0 aromatic heterocycles. The van der Waals surface area contributed by atoms with Crippen LogP contribution in [-0.2, 0) is 4.79 Å². The highest BCUT2D eigenvalue weighted by Crippen LogP contribution is 2.23. The van der Waals surface area contributed by atoms with Crippen molar-refractivity contribution < 1.29 is 15.0 Å². The first kappa shape index (κ1) is 14.0. The summed E-state index contributed by atoms with van der Waals surface area (Å²) in [4.78, 5) is 10.4. The quantitative estimate of drug-likeness (QED) is 0.752. The maximum Gasteiger partial charge on any atom is 0.303 e. The molecular weight excluding hydrogens is 242 g/mol. The topological polar surface area (TPSA) is 83.5 Å². The van der Waals surface area contributed by atoms with Crippen LogP contribution in [0.2, 0.25) is 5.02 Å². The van der Waals surface area contributed by atoms with Gasteiger partial charge in [-0.25, -0.2) is 0 Å². The average Bonchev–Trinajstić information content (AvgIpc) is 2.28. The highest BCUT2D eigenvalue weighted by Gasteiger charge is 2.18. The minimum atomic E-state index is -0.917. The number of carboxylic acids is 1. The Bertz CT molecular complexity index is 409. The number of benzene rings is 1. The van der Waals surface area contributed by atoms with Gasteiger partial charge in [-0.3, -0.25) is 4.79 Å². The molecule has 1 aromatic rings. The van der Waals surface area contributed by atoms with Crippen molar-refractivity contribution in [3.8, 4) is 0 Å². The molecule has 4 nitrogen and oxygen atoms in total. The fourth-order valence-electron chi connectivity index (χ4n) is 1.55. The van der Waals surface area contributed by atoms with Crippen molar-refractivity contribution in [2.75, 3.05) is 0 Å². The molecule has 2 unspecified atom stereocenters. The largest absolute Gasteiger partial charge is 0.481 e. The van der Waals surface area contributed by atoms with Crippen LogP contribution < -0.4 is 5.73 Å². The Morgan fingerprint density at radius 2 is 2.18 bits per heavy atom. The molecule has 2 atom stereocenters. The smallest absolute Gasteiger partial charge is 0.303 e. The number of aliphatic hydroxyl groups excluding tert-OH is 1. The first-order chi connectivity index (χ1) is 7.91. The van der Waals surface area contributed by atoms with Crippen molar-refractivity contribution in [1.29, 1.82) is 0 Å².